The van der Waals surface area contributed by atoms with Crippen molar-refractivity contribution in [2.75, 3.05) is 0 Å². The van der Waals surface area contributed by atoms with Crippen LogP contribution in [0.1, 0.15) is 34.6 Å². The van der Waals surface area contributed by atoms with Crippen molar-refractivity contribution in [1.29, 1.82) is 0 Å². The van der Waals surface area contributed by atoms with Gasteiger partial charge in [-0.3, -0.25) is 4.79 Å². The van der Waals surface area contributed by atoms with Crippen LogP contribution in [0.25, 0.3) is 33.4 Å². The fraction of sp³-hybridized carbons (Fsp3) is 0.103. The van der Waals surface area contributed by atoms with Gasteiger partial charge in [0.1, 0.15) is 17.2 Å². The molecule has 0 bridgehead atoms. The molecule has 0 fully saturated rings. The number of hydrogen-bond donors (Lipinski definition) is 2. The van der Waals surface area contributed by atoms with Crippen LogP contribution in [0.3, 0.4) is 0 Å². The minimum absolute atomic E-state index is 0.134. The molecule has 1 aromatic heterocycles. The highest BCUT2D eigenvalue weighted by molar-refractivity contribution is 6.05. The zero-order valence-corrected chi connectivity index (χ0v) is 18.7. The van der Waals surface area contributed by atoms with E-state index in [0.717, 1.165) is 27.5 Å². The van der Waals surface area contributed by atoms with Crippen molar-refractivity contribution in [2.45, 2.75) is 19.9 Å². The van der Waals surface area contributed by atoms with E-state index < -0.39 is 0 Å². The summed E-state index contributed by atoms with van der Waals surface area (Å²) < 4.78 is 0. The molecule has 162 valence electrons. The number of hydrogen-bond acceptors (Lipinski definition) is 2. The Balaban J connectivity index is 1.63. The second-order valence-electron chi connectivity index (χ2n) is 8.26. The third-order valence-electron chi connectivity index (χ3n) is 6.02. The van der Waals surface area contributed by atoms with E-state index in [0.29, 0.717) is 17.2 Å². The van der Waals surface area contributed by atoms with Crippen molar-refractivity contribution in [1.82, 2.24) is 15.3 Å². The molecule has 5 aromatic rings. The summed E-state index contributed by atoms with van der Waals surface area (Å²) in [5, 5.41) is 5.37. The van der Waals surface area contributed by atoms with Gasteiger partial charge in [0.15, 0.2) is 0 Å². The van der Waals surface area contributed by atoms with Crippen molar-refractivity contribution in [2.24, 2.45) is 0 Å². The summed E-state index contributed by atoms with van der Waals surface area (Å²) in [6.45, 7) is 4.09. The SMILES string of the molecule is Cc1ccc(-c2nc(-c3ccccc3)[nH]c2C(=O)NC(C)c2ccccc2)c2ccccc12. The van der Waals surface area contributed by atoms with Gasteiger partial charge in [0, 0.05) is 11.1 Å². The van der Waals surface area contributed by atoms with Crippen molar-refractivity contribution in [3.05, 3.63) is 114 Å². The first-order chi connectivity index (χ1) is 16.1. The normalized spacial score (nSPS) is 11.9. The first-order valence-corrected chi connectivity index (χ1v) is 11.1. The van der Waals surface area contributed by atoms with Gasteiger partial charge < -0.3 is 10.3 Å². The van der Waals surface area contributed by atoms with Crippen LogP contribution in [0.2, 0.25) is 0 Å². The van der Waals surface area contributed by atoms with E-state index in [1.54, 1.807) is 0 Å². The summed E-state index contributed by atoms with van der Waals surface area (Å²) in [4.78, 5) is 21.7. The molecule has 4 heteroatoms. The number of carbonyl (C=O) groups is 1. The number of aromatic nitrogens is 2. The maximum absolute atomic E-state index is 13.5. The smallest absolute Gasteiger partial charge is 0.270 e. The lowest BCUT2D eigenvalue weighted by Crippen LogP contribution is -2.27. The standard InChI is InChI=1S/C29H25N3O/c1-19-17-18-25(24-16-10-9-15-23(19)24)26-27(32-28(31-26)22-13-7-4-8-14-22)29(33)30-20(2)21-11-5-3-6-12-21/h3-18,20H,1-2H3,(H,30,33)(H,31,32). The predicted molar refractivity (Wildman–Crippen MR) is 134 cm³/mol. The van der Waals surface area contributed by atoms with Gasteiger partial charge in [-0.25, -0.2) is 4.98 Å². The van der Waals surface area contributed by atoms with Gasteiger partial charge in [0.25, 0.3) is 5.91 Å². The minimum atomic E-state index is -0.180. The van der Waals surface area contributed by atoms with E-state index in [4.69, 9.17) is 4.98 Å². The van der Waals surface area contributed by atoms with Gasteiger partial charge in [-0.15, -0.1) is 0 Å². The Kier molecular flexibility index (Phi) is 5.49. The molecule has 1 amide bonds. The third kappa shape index (κ3) is 4.03. The second-order valence-corrected chi connectivity index (χ2v) is 8.26. The number of aromatic amines is 1. The average Bonchev–Trinajstić information content (AvgIpc) is 3.31. The summed E-state index contributed by atoms with van der Waals surface area (Å²) in [7, 11) is 0. The average molecular weight is 432 g/mol. The van der Waals surface area contributed by atoms with Crippen LogP contribution in [0.5, 0.6) is 0 Å². The highest BCUT2D eigenvalue weighted by atomic mass is 16.2. The summed E-state index contributed by atoms with van der Waals surface area (Å²) in [5.74, 6) is 0.494. The zero-order chi connectivity index (χ0) is 22.8. The van der Waals surface area contributed by atoms with E-state index in [9.17, 15) is 4.79 Å². The molecule has 0 spiro atoms. The largest absolute Gasteiger partial charge is 0.344 e. The van der Waals surface area contributed by atoms with Gasteiger partial charge >= 0.3 is 0 Å². The van der Waals surface area contributed by atoms with E-state index in [-0.39, 0.29) is 11.9 Å². The Morgan fingerprint density at radius 2 is 1.45 bits per heavy atom. The van der Waals surface area contributed by atoms with E-state index >= 15 is 0 Å². The number of imidazole rings is 1. The van der Waals surface area contributed by atoms with Gasteiger partial charge in [-0.2, -0.15) is 0 Å². The van der Waals surface area contributed by atoms with Crippen LogP contribution in [0.15, 0.2) is 97.1 Å². The molecule has 0 aliphatic carbocycles. The molecule has 4 aromatic carbocycles. The monoisotopic (exact) mass is 431 g/mol. The Labute approximate surface area is 193 Å². The molecule has 0 aliphatic heterocycles. The molecular weight excluding hydrogens is 406 g/mol. The maximum atomic E-state index is 13.5. The summed E-state index contributed by atoms with van der Waals surface area (Å²) in [6, 6.07) is 32.1. The van der Waals surface area contributed by atoms with Crippen LogP contribution >= 0.6 is 0 Å². The fourth-order valence-corrected chi connectivity index (χ4v) is 4.22. The summed E-state index contributed by atoms with van der Waals surface area (Å²) in [6.07, 6.45) is 0. The third-order valence-corrected chi connectivity index (χ3v) is 6.02. The molecule has 5 rings (SSSR count). The van der Waals surface area contributed by atoms with E-state index in [1.165, 1.54) is 5.56 Å². The molecular formula is C29H25N3O. The highest BCUT2D eigenvalue weighted by Crippen LogP contribution is 2.33. The second kappa shape index (κ2) is 8.75. The molecule has 1 atom stereocenters. The Hall–Kier alpha value is -4.18. The number of fused-ring (bicyclic) bond motifs is 1. The molecule has 33 heavy (non-hydrogen) atoms. The van der Waals surface area contributed by atoms with Crippen LogP contribution in [-0.2, 0) is 0 Å². The molecule has 1 unspecified atom stereocenters. The van der Waals surface area contributed by atoms with Crippen molar-refractivity contribution < 1.29 is 4.79 Å². The molecule has 0 saturated carbocycles. The van der Waals surface area contributed by atoms with Gasteiger partial charge in [0.05, 0.1) is 6.04 Å². The number of benzene rings is 4. The Morgan fingerprint density at radius 3 is 2.18 bits per heavy atom. The lowest BCUT2D eigenvalue weighted by atomic mass is 9.97. The van der Waals surface area contributed by atoms with Crippen LogP contribution in [0.4, 0.5) is 0 Å². The van der Waals surface area contributed by atoms with E-state index in [2.05, 4.69) is 41.5 Å². The Bertz CT molecular complexity index is 1420. The van der Waals surface area contributed by atoms with Gasteiger partial charge in [-0.1, -0.05) is 97.1 Å². The molecule has 2 N–H and O–H groups in total. The van der Waals surface area contributed by atoms with Crippen LogP contribution < -0.4 is 5.32 Å². The minimum Gasteiger partial charge on any atom is -0.344 e. The molecule has 0 saturated heterocycles. The number of rotatable bonds is 5. The summed E-state index contributed by atoms with van der Waals surface area (Å²) >= 11 is 0. The molecule has 0 radical (unpaired) electrons. The van der Waals surface area contributed by atoms with Crippen molar-refractivity contribution in [3.63, 3.8) is 0 Å². The number of carbonyl (C=O) groups excluding carboxylic acids is 1. The van der Waals surface area contributed by atoms with Gasteiger partial charge in [-0.05, 0) is 35.7 Å². The number of nitrogens with one attached hydrogen (secondary N) is 2. The number of amides is 1. The lowest BCUT2D eigenvalue weighted by Gasteiger charge is -2.14. The number of nitrogens with zero attached hydrogens (tertiary/aromatic N) is 1. The van der Waals surface area contributed by atoms with Crippen molar-refractivity contribution >= 4 is 16.7 Å². The van der Waals surface area contributed by atoms with Gasteiger partial charge in [0.2, 0.25) is 0 Å². The fourth-order valence-electron chi connectivity index (χ4n) is 4.22. The predicted octanol–water partition coefficient (Wildman–Crippen LogP) is 6.70. The maximum Gasteiger partial charge on any atom is 0.270 e. The first kappa shape index (κ1) is 20.7. The Morgan fingerprint density at radius 1 is 0.818 bits per heavy atom. The first-order valence-electron chi connectivity index (χ1n) is 11.1. The highest BCUT2D eigenvalue weighted by Gasteiger charge is 2.22. The molecule has 1 heterocycles. The van der Waals surface area contributed by atoms with Crippen LogP contribution in [0, 0.1) is 6.92 Å². The number of aryl methyl sites for hydroxylation is 1. The number of H-pyrrole nitrogens is 1. The van der Waals surface area contributed by atoms with Crippen LogP contribution in [-0.4, -0.2) is 15.9 Å². The molecule has 0 aliphatic rings. The van der Waals surface area contributed by atoms with Crippen molar-refractivity contribution in [3.8, 4) is 22.6 Å². The lowest BCUT2D eigenvalue weighted by molar-refractivity contribution is 0.0936. The quantitative estimate of drug-likeness (QED) is 0.325. The summed E-state index contributed by atoms with van der Waals surface area (Å²) in [5.41, 5.74) is 5.23. The zero-order valence-electron chi connectivity index (χ0n) is 18.7. The van der Waals surface area contributed by atoms with E-state index in [1.807, 2.05) is 79.7 Å². The topological polar surface area (TPSA) is 57.8 Å². The molecule has 4 nitrogen and oxygen atoms in total.